The summed E-state index contributed by atoms with van der Waals surface area (Å²) in [5, 5.41) is 2.88. The summed E-state index contributed by atoms with van der Waals surface area (Å²) in [5.41, 5.74) is 2.95. The van der Waals surface area contributed by atoms with E-state index >= 15 is 0 Å². The number of allylic oxidation sites excluding steroid dienone is 1. The smallest absolute Gasteiger partial charge is 0.262 e. The number of amides is 1. The topological polar surface area (TPSA) is 54.0 Å². The van der Waals surface area contributed by atoms with Gasteiger partial charge in [-0.1, -0.05) is 18.2 Å². The molecular formula is C23H29N3O3. The normalized spacial score (nSPS) is 14.8. The van der Waals surface area contributed by atoms with Crippen LogP contribution in [0.3, 0.4) is 0 Å². The molecule has 2 aromatic rings. The number of hydrogen-bond donors (Lipinski definition) is 1. The van der Waals surface area contributed by atoms with Crippen LogP contribution >= 0.6 is 0 Å². The fourth-order valence-corrected chi connectivity index (χ4v) is 3.26. The molecular weight excluding hydrogens is 366 g/mol. The van der Waals surface area contributed by atoms with Crippen LogP contribution in [0.5, 0.6) is 11.5 Å². The van der Waals surface area contributed by atoms with Gasteiger partial charge in [-0.15, -0.1) is 0 Å². The van der Waals surface area contributed by atoms with Crippen molar-refractivity contribution in [1.29, 1.82) is 0 Å². The maximum Gasteiger partial charge on any atom is 0.262 e. The summed E-state index contributed by atoms with van der Waals surface area (Å²) in [4.78, 5) is 17.0. The number of hydrogen-bond acceptors (Lipinski definition) is 5. The van der Waals surface area contributed by atoms with E-state index in [1.54, 1.807) is 7.11 Å². The largest absolute Gasteiger partial charge is 0.493 e. The Morgan fingerprint density at radius 1 is 1.07 bits per heavy atom. The Labute approximate surface area is 172 Å². The molecule has 1 N–H and O–H groups in total. The second-order valence-electron chi connectivity index (χ2n) is 7.08. The molecule has 154 valence electrons. The van der Waals surface area contributed by atoms with Crippen molar-refractivity contribution in [2.24, 2.45) is 0 Å². The zero-order valence-corrected chi connectivity index (χ0v) is 17.4. The number of carbonyl (C=O) groups is 1. The number of methoxy groups -OCH3 is 1. The van der Waals surface area contributed by atoms with E-state index in [0.29, 0.717) is 11.5 Å². The molecule has 3 rings (SSSR count). The Hall–Kier alpha value is -2.99. The first-order chi connectivity index (χ1) is 14.1. The highest BCUT2D eigenvalue weighted by Crippen LogP contribution is 2.28. The molecule has 6 nitrogen and oxygen atoms in total. The summed E-state index contributed by atoms with van der Waals surface area (Å²) in [7, 11) is 3.73. The highest BCUT2D eigenvalue weighted by Gasteiger charge is 2.14. The van der Waals surface area contributed by atoms with Crippen molar-refractivity contribution in [3.05, 3.63) is 54.1 Å². The summed E-state index contributed by atoms with van der Waals surface area (Å²) in [6.45, 7) is 6.04. The number of ether oxygens (including phenoxy) is 2. The third kappa shape index (κ3) is 5.74. The molecule has 0 spiro atoms. The lowest BCUT2D eigenvalue weighted by Gasteiger charge is -2.34. The number of nitrogens with zero attached hydrogens (tertiary/aromatic N) is 2. The van der Waals surface area contributed by atoms with Crippen molar-refractivity contribution in [3.63, 3.8) is 0 Å². The zero-order valence-electron chi connectivity index (χ0n) is 17.4. The van der Waals surface area contributed by atoms with Crippen LogP contribution in [-0.2, 0) is 4.79 Å². The molecule has 0 bridgehead atoms. The molecule has 0 saturated carbocycles. The number of piperazine rings is 1. The molecule has 0 radical (unpaired) electrons. The fraction of sp³-hybridized carbons (Fsp3) is 0.348. The van der Waals surface area contributed by atoms with E-state index in [2.05, 4.69) is 22.2 Å². The van der Waals surface area contributed by atoms with Gasteiger partial charge in [0, 0.05) is 37.6 Å². The third-order valence-electron chi connectivity index (χ3n) is 4.93. The van der Waals surface area contributed by atoms with Crippen LogP contribution in [0.2, 0.25) is 0 Å². The first kappa shape index (κ1) is 20.7. The van der Waals surface area contributed by atoms with Crippen molar-refractivity contribution in [2.75, 3.05) is 57.2 Å². The van der Waals surface area contributed by atoms with E-state index in [0.717, 1.165) is 37.4 Å². The van der Waals surface area contributed by atoms with Crippen LogP contribution in [0.25, 0.3) is 6.08 Å². The molecule has 1 fully saturated rings. The monoisotopic (exact) mass is 395 g/mol. The molecule has 0 aromatic heterocycles. The summed E-state index contributed by atoms with van der Waals surface area (Å²) >= 11 is 0. The molecule has 2 aromatic carbocycles. The van der Waals surface area contributed by atoms with Crippen molar-refractivity contribution in [2.45, 2.75) is 6.92 Å². The average Bonchev–Trinajstić information content (AvgIpc) is 2.74. The summed E-state index contributed by atoms with van der Waals surface area (Å²) < 4.78 is 11.0. The number of benzene rings is 2. The number of likely N-dealkylation sites (N-methyl/N-ethyl adjacent to an activating group) is 1. The highest BCUT2D eigenvalue weighted by atomic mass is 16.5. The Bertz CT molecular complexity index is 841. The van der Waals surface area contributed by atoms with Crippen LogP contribution in [0, 0.1) is 0 Å². The molecule has 1 heterocycles. The van der Waals surface area contributed by atoms with Gasteiger partial charge < -0.3 is 24.6 Å². The predicted molar refractivity (Wildman–Crippen MR) is 118 cm³/mol. The standard InChI is InChI=1S/C23H29N3O3/c1-4-5-18-6-11-21(22(16-18)28-3)29-17-23(27)24-19-7-9-20(10-8-19)26-14-12-25(2)13-15-26/h4-11,16H,12-15,17H2,1-3H3,(H,24,27)/b5-4+. The Morgan fingerprint density at radius 3 is 2.45 bits per heavy atom. The van der Waals surface area contributed by atoms with Crippen LogP contribution in [0.1, 0.15) is 12.5 Å². The van der Waals surface area contributed by atoms with Gasteiger partial charge in [-0.25, -0.2) is 0 Å². The third-order valence-corrected chi connectivity index (χ3v) is 4.93. The summed E-state index contributed by atoms with van der Waals surface area (Å²) in [6, 6.07) is 13.6. The van der Waals surface area contributed by atoms with E-state index < -0.39 is 0 Å². The lowest BCUT2D eigenvalue weighted by molar-refractivity contribution is -0.118. The van der Waals surface area contributed by atoms with E-state index in [9.17, 15) is 4.79 Å². The van der Waals surface area contributed by atoms with Gasteiger partial charge in [-0.2, -0.15) is 0 Å². The van der Waals surface area contributed by atoms with Gasteiger partial charge in [-0.3, -0.25) is 4.79 Å². The minimum atomic E-state index is -0.211. The second-order valence-corrected chi connectivity index (χ2v) is 7.08. The van der Waals surface area contributed by atoms with Crippen LogP contribution in [0.4, 0.5) is 11.4 Å². The van der Waals surface area contributed by atoms with Gasteiger partial charge in [0.1, 0.15) is 0 Å². The fourth-order valence-electron chi connectivity index (χ4n) is 3.26. The molecule has 0 atom stereocenters. The summed E-state index contributed by atoms with van der Waals surface area (Å²) in [5.74, 6) is 0.933. The summed E-state index contributed by atoms with van der Waals surface area (Å²) in [6.07, 6.45) is 3.93. The van der Waals surface area contributed by atoms with Crippen molar-refractivity contribution < 1.29 is 14.3 Å². The molecule has 1 aliphatic heterocycles. The minimum absolute atomic E-state index is 0.0838. The van der Waals surface area contributed by atoms with Crippen LogP contribution in [0.15, 0.2) is 48.5 Å². The average molecular weight is 396 g/mol. The molecule has 1 aliphatic rings. The van der Waals surface area contributed by atoms with Gasteiger partial charge in [0.25, 0.3) is 5.91 Å². The quantitative estimate of drug-likeness (QED) is 0.778. The van der Waals surface area contributed by atoms with Gasteiger partial charge in [-0.05, 0) is 55.9 Å². The zero-order chi connectivity index (χ0) is 20.6. The predicted octanol–water partition coefficient (Wildman–Crippen LogP) is 3.50. The van der Waals surface area contributed by atoms with Crippen LogP contribution < -0.4 is 19.7 Å². The Morgan fingerprint density at radius 2 is 1.79 bits per heavy atom. The number of nitrogens with one attached hydrogen (secondary N) is 1. The SMILES string of the molecule is C/C=C/c1ccc(OCC(=O)Nc2ccc(N3CCN(C)CC3)cc2)c(OC)c1. The van der Waals surface area contributed by atoms with E-state index in [1.165, 1.54) is 5.69 Å². The maximum absolute atomic E-state index is 12.3. The molecule has 1 amide bonds. The number of carbonyl (C=O) groups excluding carboxylic acids is 1. The lowest BCUT2D eigenvalue weighted by atomic mass is 10.2. The van der Waals surface area contributed by atoms with Crippen molar-refractivity contribution in [3.8, 4) is 11.5 Å². The van der Waals surface area contributed by atoms with Gasteiger partial charge in [0.05, 0.1) is 7.11 Å². The molecule has 29 heavy (non-hydrogen) atoms. The van der Waals surface area contributed by atoms with Gasteiger partial charge >= 0.3 is 0 Å². The molecule has 0 unspecified atom stereocenters. The first-order valence-electron chi connectivity index (χ1n) is 9.86. The lowest BCUT2D eigenvalue weighted by Crippen LogP contribution is -2.44. The molecule has 6 heteroatoms. The van der Waals surface area contributed by atoms with E-state index in [4.69, 9.17) is 9.47 Å². The molecule has 0 aliphatic carbocycles. The van der Waals surface area contributed by atoms with E-state index in [-0.39, 0.29) is 12.5 Å². The van der Waals surface area contributed by atoms with Crippen LogP contribution in [-0.4, -0.2) is 57.8 Å². The number of rotatable bonds is 7. The minimum Gasteiger partial charge on any atom is -0.493 e. The second kappa shape index (κ2) is 9.98. The van der Waals surface area contributed by atoms with E-state index in [1.807, 2.05) is 61.5 Å². The highest BCUT2D eigenvalue weighted by molar-refractivity contribution is 5.92. The van der Waals surface area contributed by atoms with Crippen molar-refractivity contribution in [1.82, 2.24) is 4.90 Å². The molecule has 1 saturated heterocycles. The Kier molecular flexibility index (Phi) is 7.14. The number of anilines is 2. The first-order valence-corrected chi connectivity index (χ1v) is 9.86. The Balaban J connectivity index is 1.53. The van der Waals surface area contributed by atoms with Crippen molar-refractivity contribution >= 4 is 23.4 Å². The van der Waals surface area contributed by atoms with Gasteiger partial charge in [0.15, 0.2) is 18.1 Å². The van der Waals surface area contributed by atoms with Gasteiger partial charge in [0.2, 0.25) is 0 Å². The maximum atomic E-state index is 12.3.